The molecular weight excluding hydrogens is 322 g/mol. The molecule has 1 aromatic carbocycles. The van der Waals surface area contributed by atoms with Crippen molar-refractivity contribution in [1.29, 1.82) is 0 Å². The number of rotatable bonds is 9. The maximum absolute atomic E-state index is 5.65. The lowest BCUT2D eigenvalue weighted by atomic mass is 10.0. The van der Waals surface area contributed by atoms with Gasteiger partial charge < -0.3 is 15.0 Å². The number of fused-ring (bicyclic) bond motifs is 1. The third-order valence-electron chi connectivity index (χ3n) is 5.26. The van der Waals surface area contributed by atoms with Crippen LogP contribution in [-0.4, -0.2) is 42.7 Å². The predicted octanol–water partition coefficient (Wildman–Crippen LogP) is 5.09. The number of aryl methyl sites for hydroxylation is 3. The Morgan fingerprint density at radius 1 is 1.15 bits per heavy atom. The van der Waals surface area contributed by atoms with E-state index in [0.717, 1.165) is 42.2 Å². The second kappa shape index (κ2) is 9.22. The summed E-state index contributed by atoms with van der Waals surface area (Å²) < 4.78 is 5.65. The molecule has 2 aromatic rings. The zero-order valence-corrected chi connectivity index (χ0v) is 17.6. The van der Waals surface area contributed by atoms with Crippen molar-refractivity contribution in [2.45, 2.75) is 60.4 Å². The lowest BCUT2D eigenvalue weighted by molar-refractivity contribution is 0.295. The fourth-order valence-corrected chi connectivity index (χ4v) is 3.73. The summed E-state index contributed by atoms with van der Waals surface area (Å²) in [4.78, 5) is 7.20. The van der Waals surface area contributed by atoms with Gasteiger partial charge in [0, 0.05) is 28.9 Å². The number of aromatic nitrogens is 1. The van der Waals surface area contributed by atoms with E-state index in [1.54, 1.807) is 7.11 Å². The molecule has 4 heteroatoms. The lowest BCUT2D eigenvalue weighted by Crippen LogP contribution is -2.25. The van der Waals surface area contributed by atoms with Crippen LogP contribution in [0, 0.1) is 20.8 Å². The third-order valence-corrected chi connectivity index (χ3v) is 5.26. The molecule has 0 aliphatic rings. The minimum Gasteiger partial charge on any atom is -0.494 e. The molecule has 1 aromatic heterocycles. The summed E-state index contributed by atoms with van der Waals surface area (Å²) in [6.07, 6.45) is 2.36. The monoisotopic (exact) mass is 357 g/mol. The Morgan fingerprint density at radius 3 is 2.46 bits per heavy atom. The largest absolute Gasteiger partial charge is 0.494 e. The second-order valence-electron chi connectivity index (χ2n) is 7.27. The van der Waals surface area contributed by atoms with E-state index >= 15 is 0 Å². The van der Waals surface area contributed by atoms with Gasteiger partial charge in [-0.15, -0.1) is 0 Å². The van der Waals surface area contributed by atoms with E-state index in [1.165, 1.54) is 29.5 Å². The van der Waals surface area contributed by atoms with E-state index in [9.17, 15) is 0 Å². The number of nitrogens with zero attached hydrogens (tertiary/aromatic N) is 2. The van der Waals surface area contributed by atoms with Crippen LogP contribution >= 0.6 is 0 Å². The van der Waals surface area contributed by atoms with Crippen molar-refractivity contribution >= 4 is 16.6 Å². The molecule has 0 fully saturated rings. The summed E-state index contributed by atoms with van der Waals surface area (Å²) in [5, 5.41) is 4.90. The number of hydrogen-bond acceptors (Lipinski definition) is 4. The van der Waals surface area contributed by atoms with Crippen molar-refractivity contribution in [3.05, 3.63) is 29.0 Å². The molecule has 26 heavy (non-hydrogen) atoms. The third kappa shape index (κ3) is 4.67. The molecule has 0 aliphatic carbocycles. The van der Waals surface area contributed by atoms with E-state index < -0.39 is 0 Å². The molecule has 0 radical (unpaired) electrons. The van der Waals surface area contributed by atoms with Gasteiger partial charge in [-0.25, -0.2) is 4.98 Å². The van der Waals surface area contributed by atoms with Crippen LogP contribution in [0.2, 0.25) is 0 Å². The van der Waals surface area contributed by atoms with Crippen LogP contribution in [0.15, 0.2) is 12.1 Å². The number of benzene rings is 1. The number of anilines is 1. The highest BCUT2D eigenvalue weighted by atomic mass is 16.5. The molecule has 144 valence electrons. The van der Waals surface area contributed by atoms with Gasteiger partial charge in [-0.1, -0.05) is 13.8 Å². The predicted molar refractivity (Wildman–Crippen MR) is 113 cm³/mol. The number of nitrogens with one attached hydrogen (secondary N) is 1. The van der Waals surface area contributed by atoms with Crippen molar-refractivity contribution in [2.75, 3.05) is 32.1 Å². The van der Waals surface area contributed by atoms with E-state index in [0.29, 0.717) is 6.04 Å². The van der Waals surface area contributed by atoms with Crippen molar-refractivity contribution < 1.29 is 4.74 Å². The van der Waals surface area contributed by atoms with E-state index in [-0.39, 0.29) is 0 Å². The van der Waals surface area contributed by atoms with Gasteiger partial charge in [-0.2, -0.15) is 0 Å². The van der Waals surface area contributed by atoms with Crippen LogP contribution in [0.1, 0.15) is 50.4 Å². The fourth-order valence-electron chi connectivity index (χ4n) is 3.73. The summed E-state index contributed by atoms with van der Waals surface area (Å²) in [6, 6.07) is 4.67. The standard InChI is InChI=1S/C22H35N3O/c1-8-25(9-2)12-10-11-16(4)23-19-14-20(26-7)22-21(18(19)6)15(3)13-17(5)24-22/h13-14,16,23H,8-12H2,1-7H3. The van der Waals surface area contributed by atoms with Crippen LogP contribution in [0.25, 0.3) is 10.9 Å². The number of ether oxygens (including phenoxy) is 1. The van der Waals surface area contributed by atoms with Gasteiger partial charge >= 0.3 is 0 Å². The molecule has 0 spiro atoms. The second-order valence-corrected chi connectivity index (χ2v) is 7.27. The van der Waals surface area contributed by atoms with Crippen molar-refractivity contribution in [1.82, 2.24) is 9.88 Å². The van der Waals surface area contributed by atoms with E-state index in [4.69, 9.17) is 9.72 Å². The normalized spacial score (nSPS) is 12.6. The quantitative estimate of drug-likeness (QED) is 0.678. The molecule has 1 heterocycles. The molecule has 0 saturated carbocycles. The average Bonchev–Trinajstić information content (AvgIpc) is 2.60. The molecule has 2 rings (SSSR count). The van der Waals surface area contributed by atoms with Gasteiger partial charge in [0.25, 0.3) is 0 Å². The first-order valence-corrected chi connectivity index (χ1v) is 9.85. The first kappa shape index (κ1) is 20.5. The van der Waals surface area contributed by atoms with Crippen molar-refractivity contribution in [3.63, 3.8) is 0 Å². The molecule has 1 unspecified atom stereocenters. The molecule has 1 atom stereocenters. The van der Waals surface area contributed by atoms with Crippen LogP contribution in [0.5, 0.6) is 5.75 Å². The smallest absolute Gasteiger partial charge is 0.147 e. The molecule has 0 bridgehead atoms. The Hall–Kier alpha value is -1.81. The first-order valence-electron chi connectivity index (χ1n) is 9.85. The zero-order chi connectivity index (χ0) is 19.3. The van der Waals surface area contributed by atoms with Gasteiger partial charge in [-0.05, 0) is 77.4 Å². The molecule has 1 N–H and O–H groups in total. The first-order chi connectivity index (χ1) is 12.4. The van der Waals surface area contributed by atoms with Crippen molar-refractivity contribution in [3.8, 4) is 5.75 Å². The maximum atomic E-state index is 5.65. The minimum atomic E-state index is 0.421. The Labute approximate surface area is 159 Å². The number of pyridine rings is 1. The van der Waals surface area contributed by atoms with E-state index in [1.807, 2.05) is 6.92 Å². The summed E-state index contributed by atoms with van der Waals surface area (Å²) >= 11 is 0. The van der Waals surface area contributed by atoms with E-state index in [2.05, 4.69) is 57.0 Å². The van der Waals surface area contributed by atoms with Crippen LogP contribution < -0.4 is 10.1 Å². The van der Waals surface area contributed by atoms with Crippen LogP contribution in [0.3, 0.4) is 0 Å². The molecular formula is C22H35N3O. The van der Waals surface area contributed by atoms with Crippen LogP contribution in [-0.2, 0) is 0 Å². The summed E-state index contributed by atoms with van der Waals surface area (Å²) in [6.45, 7) is 16.5. The highest BCUT2D eigenvalue weighted by molar-refractivity contribution is 5.94. The summed E-state index contributed by atoms with van der Waals surface area (Å²) in [5.41, 5.74) is 5.64. The molecule has 0 amide bonds. The van der Waals surface area contributed by atoms with Crippen LogP contribution in [0.4, 0.5) is 5.69 Å². The lowest BCUT2D eigenvalue weighted by Gasteiger charge is -2.22. The average molecular weight is 358 g/mol. The summed E-state index contributed by atoms with van der Waals surface area (Å²) in [7, 11) is 1.72. The Bertz CT molecular complexity index is 738. The fraction of sp³-hybridized carbons (Fsp3) is 0.591. The zero-order valence-electron chi connectivity index (χ0n) is 17.6. The topological polar surface area (TPSA) is 37.4 Å². The molecule has 0 saturated heterocycles. The maximum Gasteiger partial charge on any atom is 0.147 e. The SMILES string of the molecule is CCN(CC)CCCC(C)Nc1cc(OC)c2nc(C)cc(C)c2c1C. The van der Waals surface area contributed by atoms with Gasteiger partial charge in [0.05, 0.1) is 7.11 Å². The minimum absolute atomic E-state index is 0.421. The van der Waals surface area contributed by atoms with Crippen molar-refractivity contribution in [2.24, 2.45) is 0 Å². The van der Waals surface area contributed by atoms with Gasteiger partial charge in [0.1, 0.15) is 11.3 Å². The molecule has 4 nitrogen and oxygen atoms in total. The highest BCUT2D eigenvalue weighted by Crippen LogP contribution is 2.35. The Kier molecular flexibility index (Phi) is 7.27. The summed E-state index contributed by atoms with van der Waals surface area (Å²) in [5.74, 6) is 0.843. The Morgan fingerprint density at radius 2 is 1.85 bits per heavy atom. The van der Waals surface area contributed by atoms with Gasteiger partial charge in [0.15, 0.2) is 0 Å². The number of methoxy groups -OCH3 is 1. The Balaban J connectivity index is 2.20. The van der Waals surface area contributed by atoms with Gasteiger partial charge in [-0.3, -0.25) is 0 Å². The number of hydrogen-bond donors (Lipinski definition) is 1. The highest BCUT2D eigenvalue weighted by Gasteiger charge is 2.15. The molecule has 0 aliphatic heterocycles. The van der Waals surface area contributed by atoms with Gasteiger partial charge in [0.2, 0.25) is 0 Å².